The van der Waals surface area contributed by atoms with Crippen molar-refractivity contribution in [1.82, 2.24) is 0 Å². The molecular formula is C21H18O2. The van der Waals surface area contributed by atoms with Crippen LogP contribution in [0.2, 0.25) is 0 Å². The summed E-state index contributed by atoms with van der Waals surface area (Å²) >= 11 is 0. The van der Waals surface area contributed by atoms with Crippen molar-refractivity contribution in [2.45, 2.75) is 6.92 Å². The van der Waals surface area contributed by atoms with Crippen LogP contribution in [0.5, 0.6) is 0 Å². The number of ether oxygens (including phenoxy) is 1. The maximum absolute atomic E-state index is 12.2. The second-order valence-corrected chi connectivity index (χ2v) is 5.52. The molecule has 0 aromatic heterocycles. The number of benzene rings is 3. The molecule has 0 saturated heterocycles. The molecule has 0 fully saturated rings. The van der Waals surface area contributed by atoms with Gasteiger partial charge in [-0.2, -0.15) is 0 Å². The molecule has 0 heterocycles. The van der Waals surface area contributed by atoms with Gasteiger partial charge in [0.1, 0.15) is 0 Å². The van der Waals surface area contributed by atoms with Crippen LogP contribution in [0.3, 0.4) is 0 Å². The van der Waals surface area contributed by atoms with Gasteiger partial charge in [-0.25, -0.2) is 4.79 Å². The summed E-state index contributed by atoms with van der Waals surface area (Å²) in [6.45, 7) is 2.04. The molecule has 0 N–H and O–H groups in total. The zero-order valence-electron chi connectivity index (χ0n) is 13.2. The number of esters is 1. The standard InChI is InChI=1S/C21H18O2/c1-15-7-9-16(10-8-15)13-20(21(22)23-2)19-12-11-17-5-3-4-6-18(17)14-19/h3-14H,1-2H3/b20-13+. The van der Waals surface area contributed by atoms with Crippen molar-refractivity contribution in [2.24, 2.45) is 0 Å². The van der Waals surface area contributed by atoms with Crippen molar-refractivity contribution in [3.63, 3.8) is 0 Å². The fraction of sp³-hybridized carbons (Fsp3) is 0.0952. The Kier molecular flexibility index (Phi) is 4.24. The third-order valence-electron chi connectivity index (χ3n) is 3.85. The molecule has 0 aliphatic heterocycles. The molecule has 0 atom stereocenters. The van der Waals surface area contributed by atoms with Crippen LogP contribution in [-0.2, 0) is 9.53 Å². The lowest BCUT2D eigenvalue weighted by Crippen LogP contribution is -2.04. The molecule has 0 aliphatic carbocycles. The molecule has 3 aromatic carbocycles. The lowest BCUT2D eigenvalue weighted by atomic mass is 9.99. The Balaban J connectivity index is 2.10. The third kappa shape index (κ3) is 3.32. The van der Waals surface area contributed by atoms with Gasteiger partial charge in [-0.3, -0.25) is 0 Å². The van der Waals surface area contributed by atoms with E-state index in [1.54, 1.807) is 0 Å². The van der Waals surface area contributed by atoms with Crippen molar-refractivity contribution in [3.8, 4) is 0 Å². The average Bonchev–Trinajstić information content (AvgIpc) is 2.60. The molecule has 2 nitrogen and oxygen atoms in total. The van der Waals surface area contributed by atoms with Crippen LogP contribution in [0.15, 0.2) is 66.7 Å². The number of fused-ring (bicyclic) bond motifs is 1. The fourth-order valence-corrected chi connectivity index (χ4v) is 2.56. The van der Waals surface area contributed by atoms with Crippen molar-refractivity contribution < 1.29 is 9.53 Å². The number of aryl methyl sites for hydroxylation is 1. The number of hydrogen-bond donors (Lipinski definition) is 0. The molecule has 0 unspecified atom stereocenters. The van der Waals surface area contributed by atoms with Gasteiger partial charge in [0.15, 0.2) is 0 Å². The lowest BCUT2D eigenvalue weighted by Gasteiger charge is -2.08. The second kappa shape index (κ2) is 6.49. The molecule has 114 valence electrons. The Morgan fingerprint density at radius 1 is 0.913 bits per heavy atom. The Morgan fingerprint density at radius 3 is 2.30 bits per heavy atom. The largest absolute Gasteiger partial charge is 0.465 e. The smallest absolute Gasteiger partial charge is 0.338 e. The third-order valence-corrected chi connectivity index (χ3v) is 3.85. The van der Waals surface area contributed by atoms with E-state index in [0.717, 1.165) is 21.9 Å². The first kappa shape index (κ1) is 15.0. The number of methoxy groups -OCH3 is 1. The van der Waals surface area contributed by atoms with Gasteiger partial charge in [-0.15, -0.1) is 0 Å². The first-order chi connectivity index (χ1) is 11.2. The van der Waals surface area contributed by atoms with Crippen LogP contribution in [0.4, 0.5) is 0 Å². The summed E-state index contributed by atoms with van der Waals surface area (Å²) in [6, 6.07) is 22.2. The minimum absolute atomic E-state index is 0.333. The highest BCUT2D eigenvalue weighted by Crippen LogP contribution is 2.24. The summed E-state index contributed by atoms with van der Waals surface area (Å²) in [7, 11) is 1.41. The molecule has 23 heavy (non-hydrogen) atoms. The summed E-state index contributed by atoms with van der Waals surface area (Å²) in [4.78, 5) is 12.2. The highest BCUT2D eigenvalue weighted by Gasteiger charge is 2.13. The predicted octanol–water partition coefficient (Wildman–Crippen LogP) is 4.86. The quantitative estimate of drug-likeness (QED) is 0.392. The zero-order chi connectivity index (χ0) is 16.2. The van der Waals surface area contributed by atoms with Gasteiger partial charge in [0.25, 0.3) is 0 Å². The average molecular weight is 302 g/mol. The first-order valence-electron chi connectivity index (χ1n) is 7.53. The van der Waals surface area contributed by atoms with Crippen molar-refractivity contribution in [2.75, 3.05) is 7.11 Å². The second-order valence-electron chi connectivity index (χ2n) is 5.52. The Bertz CT molecular complexity index is 874. The van der Waals surface area contributed by atoms with Crippen molar-refractivity contribution in [3.05, 3.63) is 83.4 Å². The number of rotatable bonds is 3. The minimum atomic E-state index is -0.333. The molecule has 0 spiro atoms. The van der Waals surface area contributed by atoms with Crippen LogP contribution in [0.25, 0.3) is 22.4 Å². The number of carbonyl (C=O) groups excluding carboxylic acids is 1. The van der Waals surface area contributed by atoms with E-state index < -0.39 is 0 Å². The van der Waals surface area contributed by atoms with Crippen LogP contribution in [0, 0.1) is 6.92 Å². The van der Waals surface area contributed by atoms with Gasteiger partial charge >= 0.3 is 5.97 Å². The van der Waals surface area contributed by atoms with Crippen LogP contribution >= 0.6 is 0 Å². The SMILES string of the molecule is COC(=O)/C(=C/c1ccc(C)cc1)c1ccc2ccccc2c1. The zero-order valence-corrected chi connectivity index (χ0v) is 13.2. The summed E-state index contributed by atoms with van der Waals surface area (Å²) in [5.41, 5.74) is 3.58. The summed E-state index contributed by atoms with van der Waals surface area (Å²) in [6.07, 6.45) is 1.87. The Morgan fingerprint density at radius 2 is 1.61 bits per heavy atom. The molecule has 0 aliphatic rings. The van der Waals surface area contributed by atoms with Crippen LogP contribution in [0.1, 0.15) is 16.7 Å². The van der Waals surface area contributed by atoms with Gasteiger partial charge < -0.3 is 4.74 Å². The highest BCUT2D eigenvalue weighted by molar-refractivity contribution is 6.22. The molecule has 2 heteroatoms. The molecular weight excluding hydrogens is 284 g/mol. The monoisotopic (exact) mass is 302 g/mol. The van der Waals surface area contributed by atoms with Crippen LogP contribution in [-0.4, -0.2) is 13.1 Å². The van der Waals surface area contributed by atoms with E-state index in [9.17, 15) is 4.79 Å². The molecule has 0 radical (unpaired) electrons. The Labute approximate surface area is 136 Å². The lowest BCUT2D eigenvalue weighted by molar-refractivity contribution is -0.133. The maximum Gasteiger partial charge on any atom is 0.338 e. The van der Waals surface area contributed by atoms with Crippen molar-refractivity contribution in [1.29, 1.82) is 0 Å². The molecule has 0 bridgehead atoms. The van der Waals surface area contributed by atoms with E-state index in [-0.39, 0.29) is 5.97 Å². The fourth-order valence-electron chi connectivity index (χ4n) is 2.56. The van der Waals surface area contributed by atoms with Gasteiger partial charge in [0.05, 0.1) is 12.7 Å². The predicted molar refractivity (Wildman–Crippen MR) is 95.0 cm³/mol. The van der Waals surface area contributed by atoms with E-state index in [2.05, 4.69) is 6.07 Å². The van der Waals surface area contributed by atoms with E-state index >= 15 is 0 Å². The molecule has 3 rings (SSSR count). The normalized spacial score (nSPS) is 11.5. The van der Waals surface area contributed by atoms with Crippen LogP contribution < -0.4 is 0 Å². The number of carbonyl (C=O) groups is 1. The molecule has 0 amide bonds. The number of hydrogen-bond acceptors (Lipinski definition) is 2. The summed E-state index contributed by atoms with van der Waals surface area (Å²) in [5, 5.41) is 2.25. The maximum atomic E-state index is 12.2. The van der Waals surface area contributed by atoms with E-state index in [0.29, 0.717) is 5.57 Å². The molecule has 0 saturated carbocycles. The van der Waals surface area contributed by atoms with E-state index in [1.165, 1.54) is 12.7 Å². The first-order valence-corrected chi connectivity index (χ1v) is 7.53. The van der Waals surface area contributed by atoms with Gasteiger partial charge in [0.2, 0.25) is 0 Å². The molecule has 3 aromatic rings. The van der Waals surface area contributed by atoms with Crippen molar-refractivity contribution >= 4 is 28.4 Å². The van der Waals surface area contributed by atoms with Gasteiger partial charge in [-0.05, 0) is 41.0 Å². The summed E-state index contributed by atoms with van der Waals surface area (Å²) < 4.78 is 4.97. The minimum Gasteiger partial charge on any atom is -0.465 e. The Hall–Kier alpha value is -2.87. The summed E-state index contributed by atoms with van der Waals surface area (Å²) in [5.74, 6) is -0.333. The van der Waals surface area contributed by atoms with E-state index in [1.807, 2.05) is 73.7 Å². The van der Waals surface area contributed by atoms with Gasteiger partial charge in [-0.1, -0.05) is 66.2 Å². The van der Waals surface area contributed by atoms with Gasteiger partial charge in [0, 0.05) is 0 Å². The highest BCUT2D eigenvalue weighted by atomic mass is 16.5. The van der Waals surface area contributed by atoms with E-state index in [4.69, 9.17) is 4.74 Å². The topological polar surface area (TPSA) is 26.3 Å².